The highest BCUT2D eigenvalue weighted by atomic mass is 79.9. The highest BCUT2D eigenvalue weighted by Gasteiger charge is 2.24. The summed E-state index contributed by atoms with van der Waals surface area (Å²) in [7, 11) is 0. The maximum absolute atomic E-state index is 12.4. The van der Waals surface area contributed by atoms with E-state index in [1.165, 1.54) is 6.08 Å². The lowest BCUT2D eigenvalue weighted by Gasteiger charge is -2.32. The van der Waals surface area contributed by atoms with Crippen LogP contribution in [0.3, 0.4) is 0 Å². The summed E-state index contributed by atoms with van der Waals surface area (Å²) in [5.41, 5.74) is 0.672. The zero-order valence-corrected chi connectivity index (χ0v) is 13.8. The van der Waals surface area contributed by atoms with Crippen molar-refractivity contribution in [1.82, 2.24) is 10.2 Å². The molecule has 1 fully saturated rings. The van der Waals surface area contributed by atoms with Gasteiger partial charge in [-0.05, 0) is 31.0 Å². The highest BCUT2D eigenvalue weighted by Crippen LogP contribution is 2.17. The van der Waals surface area contributed by atoms with Crippen molar-refractivity contribution in [3.63, 3.8) is 0 Å². The standard InChI is InChI=1S/C16H19BrN2O3/c1-2-10-22-16(21)18-14-6-8-19(9-7-14)15(20)12-4-3-5-13(17)11-12/h2-5,11,14H,1,6-10H2,(H,18,21). The molecule has 0 atom stereocenters. The summed E-state index contributed by atoms with van der Waals surface area (Å²) in [4.78, 5) is 25.7. The van der Waals surface area contributed by atoms with E-state index in [9.17, 15) is 9.59 Å². The fourth-order valence-electron chi connectivity index (χ4n) is 2.37. The van der Waals surface area contributed by atoms with Crippen molar-refractivity contribution in [2.24, 2.45) is 0 Å². The van der Waals surface area contributed by atoms with Gasteiger partial charge in [-0.1, -0.05) is 34.7 Å². The first-order valence-corrected chi connectivity index (χ1v) is 7.98. The van der Waals surface area contributed by atoms with E-state index < -0.39 is 6.09 Å². The molecule has 5 nitrogen and oxygen atoms in total. The SMILES string of the molecule is C=CCOC(=O)NC1CCN(C(=O)c2cccc(Br)c2)CC1. The Hall–Kier alpha value is -1.82. The number of carbonyl (C=O) groups excluding carboxylic acids is 2. The zero-order chi connectivity index (χ0) is 15.9. The summed E-state index contributed by atoms with van der Waals surface area (Å²) in [6.07, 6.45) is 2.54. The summed E-state index contributed by atoms with van der Waals surface area (Å²) in [6.45, 7) is 4.94. The van der Waals surface area contributed by atoms with Gasteiger partial charge in [0.25, 0.3) is 5.91 Å². The Labute approximate surface area is 138 Å². The molecular formula is C16H19BrN2O3. The summed E-state index contributed by atoms with van der Waals surface area (Å²) >= 11 is 3.37. The molecule has 1 aliphatic heterocycles. The van der Waals surface area contributed by atoms with Gasteiger partial charge in [0.2, 0.25) is 0 Å². The third kappa shape index (κ3) is 4.59. The van der Waals surface area contributed by atoms with Crippen molar-refractivity contribution < 1.29 is 14.3 Å². The molecule has 0 radical (unpaired) electrons. The highest BCUT2D eigenvalue weighted by molar-refractivity contribution is 9.10. The minimum Gasteiger partial charge on any atom is -0.445 e. The van der Waals surface area contributed by atoms with E-state index in [0.29, 0.717) is 18.7 Å². The van der Waals surface area contributed by atoms with Crippen LogP contribution in [-0.2, 0) is 4.74 Å². The molecule has 0 aromatic heterocycles. The molecule has 0 spiro atoms. The van der Waals surface area contributed by atoms with Gasteiger partial charge in [-0.3, -0.25) is 4.79 Å². The maximum Gasteiger partial charge on any atom is 0.407 e. The summed E-state index contributed by atoms with van der Waals surface area (Å²) in [5.74, 6) is 0.0222. The number of likely N-dealkylation sites (tertiary alicyclic amines) is 1. The lowest BCUT2D eigenvalue weighted by atomic mass is 10.0. The van der Waals surface area contributed by atoms with Crippen molar-refractivity contribution in [2.75, 3.05) is 19.7 Å². The molecule has 0 unspecified atom stereocenters. The molecule has 0 saturated carbocycles. The Morgan fingerprint density at radius 3 is 2.77 bits per heavy atom. The molecule has 1 aromatic rings. The van der Waals surface area contributed by atoms with Gasteiger partial charge in [-0.2, -0.15) is 0 Å². The Balaban J connectivity index is 1.83. The van der Waals surface area contributed by atoms with Crippen LogP contribution >= 0.6 is 15.9 Å². The third-order valence-electron chi connectivity index (χ3n) is 3.51. The number of piperidine rings is 1. The topological polar surface area (TPSA) is 58.6 Å². The monoisotopic (exact) mass is 366 g/mol. The van der Waals surface area contributed by atoms with Gasteiger partial charge in [0.15, 0.2) is 0 Å². The van der Waals surface area contributed by atoms with Gasteiger partial charge >= 0.3 is 6.09 Å². The fourth-order valence-corrected chi connectivity index (χ4v) is 2.77. The molecule has 1 saturated heterocycles. The molecule has 0 aliphatic carbocycles. The van der Waals surface area contributed by atoms with E-state index in [4.69, 9.17) is 4.74 Å². The van der Waals surface area contributed by atoms with Crippen LogP contribution in [0.4, 0.5) is 4.79 Å². The zero-order valence-electron chi connectivity index (χ0n) is 12.3. The van der Waals surface area contributed by atoms with Crippen LogP contribution in [0.15, 0.2) is 41.4 Å². The molecule has 22 heavy (non-hydrogen) atoms. The van der Waals surface area contributed by atoms with Gasteiger partial charge in [0.05, 0.1) is 0 Å². The molecule has 1 N–H and O–H groups in total. The first kappa shape index (κ1) is 16.5. The smallest absolute Gasteiger partial charge is 0.407 e. The second-order valence-electron chi connectivity index (χ2n) is 5.11. The van der Waals surface area contributed by atoms with Crippen molar-refractivity contribution in [3.05, 3.63) is 47.0 Å². The van der Waals surface area contributed by atoms with E-state index in [-0.39, 0.29) is 18.6 Å². The second-order valence-corrected chi connectivity index (χ2v) is 6.02. The van der Waals surface area contributed by atoms with Gasteiger partial charge < -0.3 is 15.0 Å². The molecule has 6 heteroatoms. The second kappa shape index (κ2) is 7.98. The molecule has 118 valence electrons. The number of amides is 2. The van der Waals surface area contributed by atoms with E-state index >= 15 is 0 Å². The predicted molar refractivity (Wildman–Crippen MR) is 87.7 cm³/mol. The number of hydrogen-bond acceptors (Lipinski definition) is 3. The normalized spacial score (nSPS) is 15.2. The number of alkyl carbamates (subject to hydrolysis) is 1. The number of hydrogen-bond donors (Lipinski definition) is 1. The number of nitrogens with zero attached hydrogens (tertiary/aromatic N) is 1. The van der Waals surface area contributed by atoms with Gasteiger partial charge in [-0.25, -0.2) is 4.79 Å². The van der Waals surface area contributed by atoms with Gasteiger partial charge in [0, 0.05) is 29.2 Å². The molecule has 2 amide bonds. The fraction of sp³-hybridized carbons (Fsp3) is 0.375. The predicted octanol–water partition coefficient (Wildman–Crippen LogP) is 2.97. The van der Waals surface area contributed by atoms with Crippen LogP contribution in [0.2, 0.25) is 0 Å². The largest absolute Gasteiger partial charge is 0.445 e. The lowest BCUT2D eigenvalue weighted by Crippen LogP contribution is -2.46. The number of benzene rings is 1. The first-order valence-electron chi connectivity index (χ1n) is 7.19. The van der Waals surface area contributed by atoms with Crippen LogP contribution < -0.4 is 5.32 Å². The lowest BCUT2D eigenvalue weighted by molar-refractivity contribution is 0.0703. The number of carbonyl (C=O) groups is 2. The van der Waals surface area contributed by atoms with Crippen LogP contribution in [0.5, 0.6) is 0 Å². The number of ether oxygens (including phenoxy) is 1. The summed E-state index contributed by atoms with van der Waals surface area (Å²) in [6, 6.07) is 7.41. The van der Waals surface area contributed by atoms with Gasteiger partial charge in [-0.15, -0.1) is 0 Å². The van der Waals surface area contributed by atoms with E-state index in [1.54, 1.807) is 0 Å². The molecule has 2 rings (SSSR count). The minimum absolute atomic E-state index is 0.0222. The molecule has 0 bridgehead atoms. The maximum atomic E-state index is 12.4. The van der Waals surface area contributed by atoms with Crippen LogP contribution in [-0.4, -0.2) is 42.6 Å². The first-order chi connectivity index (χ1) is 10.6. The average Bonchev–Trinajstić information content (AvgIpc) is 2.53. The number of halogens is 1. The Morgan fingerprint density at radius 2 is 2.14 bits per heavy atom. The summed E-state index contributed by atoms with van der Waals surface area (Å²) in [5, 5.41) is 2.81. The Bertz CT molecular complexity index is 554. The van der Waals surface area contributed by atoms with Gasteiger partial charge in [0.1, 0.15) is 6.61 Å². The van der Waals surface area contributed by atoms with E-state index in [2.05, 4.69) is 27.8 Å². The number of nitrogens with one attached hydrogen (secondary N) is 1. The average molecular weight is 367 g/mol. The molecular weight excluding hydrogens is 348 g/mol. The molecule has 1 aromatic carbocycles. The molecule has 1 aliphatic rings. The minimum atomic E-state index is -0.434. The number of rotatable bonds is 4. The van der Waals surface area contributed by atoms with Crippen LogP contribution in [0, 0.1) is 0 Å². The van der Waals surface area contributed by atoms with Crippen molar-refractivity contribution in [3.8, 4) is 0 Å². The van der Waals surface area contributed by atoms with E-state index in [0.717, 1.165) is 17.3 Å². The Morgan fingerprint density at radius 1 is 1.41 bits per heavy atom. The third-order valence-corrected chi connectivity index (χ3v) is 4.00. The molecule has 1 heterocycles. The van der Waals surface area contributed by atoms with E-state index in [1.807, 2.05) is 29.2 Å². The quantitative estimate of drug-likeness (QED) is 0.833. The Kier molecular flexibility index (Phi) is 6.00. The van der Waals surface area contributed by atoms with Crippen LogP contribution in [0.25, 0.3) is 0 Å². The van der Waals surface area contributed by atoms with Crippen molar-refractivity contribution in [2.45, 2.75) is 18.9 Å². The van der Waals surface area contributed by atoms with Crippen molar-refractivity contribution in [1.29, 1.82) is 0 Å². The van der Waals surface area contributed by atoms with Crippen LogP contribution in [0.1, 0.15) is 23.2 Å². The van der Waals surface area contributed by atoms with Crippen molar-refractivity contribution >= 4 is 27.9 Å². The summed E-state index contributed by atoms with van der Waals surface area (Å²) < 4.78 is 5.79.